The average Bonchev–Trinajstić information content (AvgIpc) is 2.62. The second-order valence-electron chi connectivity index (χ2n) is 5.77. The number of rotatable bonds is 10. The lowest BCUT2D eigenvalue weighted by Gasteiger charge is -2.28. The number of ether oxygens (including phenoxy) is 3. The molecule has 0 atom stereocenters. The average molecular weight is 488 g/mol. The molecule has 0 unspecified atom stereocenters. The van der Waals surface area contributed by atoms with E-state index in [0.717, 1.165) is 9.13 Å². The first-order valence-electron chi connectivity index (χ1n) is 8.73. The molecule has 0 amide bonds. The fourth-order valence-corrected chi connectivity index (χ4v) is 3.07. The Hall–Kier alpha value is -1.90. The van der Waals surface area contributed by atoms with E-state index in [2.05, 4.69) is 22.6 Å². The summed E-state index contributed by atoms with van der Waals surface area (Å²) >= 11 is 2.17. The highest BCUT2D eigenvalue weighted by atomic mass is 127. The third-order valence-corrected chi connectivity index (χ3v) is 4.85. The Bertz CT molecular complexity index is 665. The SMILES string of the molecule is CCOC(=O)C(C/C=C/COC(C)=O)(Cc1ccccc1I)C(=O)OCC. The minimum absolute atomic E-state index is 0.0694. The third kappa shape index (κ3) is 6.97. The number of carbonyl (C=O) groups excluding carboxylic acids is 3. The van der Waals surface area contributed by atoms with Crippen molar-refractivity contribution in [3.8, 4) is 0 Å². The zero-order chi connectivity index (χ0) is 20.3. The minimum atomic E-state index is -1.50. The van der Waals surface area contributed by atoms with Crippen LogP contribution in [0.4, 0.5) is 0 Å². The third-order valence-electron chi connectivity index (χ3n) is 3.80. The van der Waals surface area contributed by atoms with Gasteiger partial charge in [0, 0.05) is 16.9 Å². The van der Waals surface area contributed by atoms with Gasteiger partial charge in [-0.3, -0.25) is 14.4 Å². The molecule has 7 heteroatoms. The van der Waals surface area contributed by atoms with Gasteiger partial charge in [-0.2, -0.15) is 0 Å². The van der Waals surface area contributed by atoms with Gasteiger partial charge in [-0.25, -0.2) is 0 Å². The molecule has 0 radical (unpaired) electrons. The van der Waals surface area contributed by atoms with Gasteiger partial charge in [0.05, 0.1) is 13.2 Å². The molecule has 0 heterocycles. The lowest BCUT2D eigenvalue weighted by atomic mass is 9.78. The number of carbonyl (C=O) groups is 3. The van der Waals surface area contributed by atoms with E-state index in [1.807, 2.05) is 24.3 Å². The quantitative estimate of drug-likeness (QED) is 0.165. The van der Waals surface area contributed by atoms with Crippen molar-refractivity contribution in [2.24, 2.45) is 5.41 Å². The van der Waals surface area contributed by atoms with Crippen molar-refractivity contribution in [1.29, 1.82) is 0 Å². The van der Waals surface area contributed by atoms with Crippen LogP contribution in [0, 0.1) is 8.99 Å². The second-order valence-corrected chi connectivity index (χ2v) is 6.93. The molecule has 148 valence electrons. The first-order valence-corrected chi connectivity index (χ1v) is 9.81. The summed E-state index contributed by atoms with van der Waals surface area (Å²) in [4.78, 5) is 36.5. The molecule has 6 nitrogen and oxygen atoms in total. The first-order chi connectivity index (χ1) is 12.9. The Labute approximate surface area is 173 Å². The van der Waals surface area contributed by atoms with Crippen LogP contribution in [0.3, 0.4) is 0 Å². The number of benzene rings is 1. The lowest BCUT2D eigenvalue weighted by molar-refractivity contribution is -0.172. The Kier molecular flexibility index (Phi) is 10.1. The minimum Gasteiger partial charge on any atom is -0.465 e. The van der Waals surface area contributed by atoms with Gasteiger partial charge in [0.15, 0.2) is 5.41 Å². The maximum Gasteiger partial charge on any atom is 0.324 e. The van der Waals surface area contributed by atoms with Gasteiger partial charge in [-0.1, -0.05) is 30.4 Å². The van der Waals surface area contributed by atoms with Crippen LogP contribution >= 0.6 is 22.6 Å². The Morgan fingerprint density at radius 3 is 2.11 bits per heavy atom. The predicted molar refractivity (Wildman–Crippen MR) is 109 cm³/mol. The maximum atomic E-state index is 12.8. The summed E-state index contributed by atoms with van der Waals surface area (Å²) in [5.41, 5.74) is -0.646. The van der Waals surface area contributed by atoms with Crippen molar-refractivity contribution in [3.63, 3.8) is 0 Å². The van der Waals surface area contributed by atoms with Crippen molar-refractivity contribution in [2.75, 3.05) is 19.8 Å². The van der Waals surface area contributed by atoms with Crippen molar-refractivity contribution >= 4 is 40.5 Å². The van der Waals surface area contributed by atoms with Crippen LogP contribution in [0.1, 0.15) is 32.8 Å². The molecule has 27 heavy (non-hydrogen) atoms. The molecule has 1 aromatic rings. The molecule has 0 bridgehead atoms. The molecule has 0 saturated heterocycles. The monoisotopic (exact) mass is 488 g/mol. The molecular weight excluding hydrogens is 463 g/mol. The molecule has 1 aromatic carbocycles. The van der Waals surface area contributed by atoms with Crippen LogP contribution in [-0.2, 0) is 35.0 Å². The van der Waals surface area contributed by atoms with Crippen molar-refractivity contribution in [3.05, 3.63) is 45.6 Å². The summed E-state index contributed by atoms with van der Waals surface area (Å²) in [5.74, 6) is -1.65. The number of allylic oxidation sites excluding steroid dienone is 1. The second kappa shape index (κ2) is 11.7. The molecule has 0 aliphatic carbocycles. The molecule has 0 aliphatic rings. The fraction of sp³-hybridized carbons (Fsp3) is 0.450. The highest BCUT2D eigenvalue weighted by molar-refractivity contribution is 14.1. The number of hydrogen-bond donors (Lipinski definition) is 0. The van der Waals surface area contributed by atoms with E-state index in [0.29, 0.717) is 0 Å². The maximum absolute atomic E-state index is 12.8. The highest BCUT2D eigenvalue weighted by Crippen LogP contribution is 2.33. The van der Waals surface area contributed by atoms with E-state index in [-0.39, 0.29) is 32.7 Å². The van der Waals surface area contributed by atoms with Gasteiger partial charge in [0.1, 0.15) is 6.61 Å². The molecule has 1 rings (SSSR count). The van der Waals surface area contributed by atoms with E-state index in [1.165, 1.54) is 6.92 Å². The fourth-order valence-electron chi connectivity index (χ4n) is 2.49. The Balaban J connectivity index is 3.22. The molecule has 0 aromatic heterocycles. The molecular formula is C20H25IO6. The molecule has 0 N–H and O–H groups in total. The van der Waals surface area contributed by atoms with E-state index in [4.69, 9.17) is 14.2 Å². The Morgan fingerprint density at radius 2 is 1.59 bits per heavy atom. The van der Waals surface area contributed by atoms with Gasteiger partial charge >= 0.3 is 17.9 Å². The van der Waals surface area contributed by atoms with Crippen molar-refractivity contribution in [2.45, 2.75) is 33.6 Å². The van der Waals surface area contributed by atoms with E-state index in [1.54, 1.807) is 26.0 Å². The summed E-state index contributed by atoms with van der Waals surface area (Å²) in [6.45, 7) is 5.08. The van der Waals surface area contributed by atoms with Crippen LogP contribution in [-0.4, -0.2) is 37.7 Å². The van der Waals surface area contributed by atoms with Crippen LogP contribution in [0.15, 0.2) is 36.4 Å². The van der Waals surface area contributed by atoms with Gasteiger partial charge in [-0.05, 0) is 54.5 Å². The predicted octanol–water partition coefficient (Wildman–Crippen LogP) is 3.46. The number of esters is 3. The summed E-state index contributed by atoms with van der Waals surface area (Å²) in [6, 6.07) is 7.53. The highest BCUT2D eigenvalue weighted by Gasteiger charge is 2.48. The van der Waals surface area contributed by atoms with Gasteiger partial charge in [0.25, 0.3) is 0 Å². The standard InChI is InChI=1S/C20H25IO6/c1-4-25-18(23)20(19(24)26-5-2,12-8-9-13-27-15(3)22)14-16-10-6-7-11-17(16)21/h6-11H,4-5,12-14H2,1-3H3/b9-8+. The van der Waals surface area contributed by atoms with E-state index >= 15 is 0 Å². The van der Waals surface area contributed by atoms with Crippen molar-refractivity contribution < 1.29 is 28.6 Å². The van der Waals surface area contributed by atoms with E-state index < -0.39 is 23.3 Å². The molecule has 0 fully saturated rings. The molecule has 0 aliphatic heterocycles. The zero-order valence-corrected chi connectivity index (χ0v) is 18.0. The number of halogens is 1. The first kappa shape index (κ1) is 23.1. The van der Waals surface area contributed by atoms with E-state index in [9.17, 15) is 14.4 Å². The zero-order valence-electron chi connectivity index (χ0n) is 15.8. The van der Waals surface area contributed by atoms with Crippen LogP contribution < -0.4 is 0 Å². The van der Waals surface area contributed by atoms with Gasteiger partial charge in [-0.15, -0.1) is 0 Å². The van der Waals surface area contributed by atoms with Gasteiger partial charge < -0.3 is 14.2 Å². The normalized spacial score (nSPS) is 11.3. The molecule has 0 saturated carbocycles. The molecule has 0 spiro atoms. The lowest BCUT2D eigenvalue weighted by Crippen LogP contribution is -2.44. The van der Waals surface area contributed by atoms with Crippen LogP contribution in [0.25, 0.3) is 0 Å². The summed E-state index contributed by atoms with van der Waals surface area (Å²) in [5, 5.41) is 0. The topological polar surface area (TPSA) is 78.9 Å². The summed E-state index contributed by atoms with van der Waals surface area (Å²) in [7, 11) is 0. The van der Waals surface area contributed by atoms with Gasteiger partial charge in [0.2, 0.25) is 0 Å². The Morgan fingerprint density at radius 1 is 1.00 bits per heavy atom. The summed E-state index contributed by atoms with van der Waals surface area (Å²) < 4.78 is 16.2. The smallest absolute Gasteiger partial charge is 0.324 e. The van der Waals surface area contributed by atoms with Crippen LogP contribution in [0.2, 0.25) is 0 Å². The van der Waals surface area contributed by atoms with Crippen LogP contribution in [0.5, 0.6) is 0 Å². The number of hydrogen-bond acceptors (Lipinski definition) is 6. The largest absolute Gasteiger partial charge is 0.465 e. The van der Waals surface area contributed by atoms with Crippen molar-refractivity contribution in [1.82, 2.24) is 0 Å². The summed E-state index contributed by atoms with van der Waals surface area (Å²) in [6.07, 6.45) is 3.48.